The Bertz CT molecular complexity index is 830. The number of hydrogen-bond donors (Lipinski definition) is 1. The largest absolute Gasteiger partial charge is 0.357 e. The maximum atomic E-state index is 12.8. The Morgan fingerprint density at radius 2 is 2.08 bits per heavy atom. The third kappa shape index (κ3) is 3.02. The van der Waals surface area contributed by atoms with Gasteiger partial charge in [0.1, 0.15) is 12.6 Å². The number of para-hydroxylation sites is 2. The number of likely N-dealkylation sites (N-methyl/N-ethyl adjacent to an activating group) is 1. The molecule has 1 saturated heterocycles. The van der Waals surface area contributed by atoms with Crippen LogP contribution in [0.2, 0.25) is 0 Å². The van der Waals surface area contributed by atoms with Gasteiger partial charge in [0.15, 0.2) is 0 Å². The zero-order chi connectivity index (χ0) is 17.1. The molecule has 7 nitrogen and oxygen atoms in total. The van der Waals surface area contributed by atoms with E-state index in [2.05, 4.69) is 10.3 Å². The van der Waals surface area contributed by atoms with Crippen LogP contribution in [0.15, 0.2) is 35.3 Å². The van der Waals surface area contributed by atoms with Gasteiger partial charge in [-0.1, -0.05) is 12.1 Å². The summed E-state index contributed by atoms with van der Waals surface area (Å²) in [5.41, 5.74) is 0.953. The first-order chi connectivity index (χ1) is 11.6. The van der Waals surface area contributed by atoms with Crippen molar-refractivity contribution in [3.05, 3.63) is 40.8 Å². The number of nitrogens with zero attached hydrogens (tertiary/aromatic N) is 3. The highest BCUT2D eigenvalue weighted by Crippen LogP contribution is 2.18. The second-order valence-electron chi connectivity index (χ2n) is 5.88. The van der Waals surface area contributed by atoms with Crippen molar-refractivity contribution in [2.45, 2.75) is 31.8 Å². The number of amides is 2. The van der Waals surface area contributed by atoms with Gasteiger partial charge >= 0.3 is 0 Å². The fourth-order valence-corrected chi connectivity index (χ4v) is 3.17. The molecule has 0 bridgehead atoms. The van der Waals surface area contributed by atoms with Gasteiger partial charge in [0.25, 0.3) is 5.56 Å². The van der Waals surface area contributed by atoms with Crippen molar-refractivity contribution in [3.8, 4) is 0 Å². The molecule has 2 amide bonds. The quantitative estimate of drug-likeness (QED) is 0.890. The normalized spacial score (nSPS) is 17.7. The van der Waals surface area contributed by atoms with Gasteiger partial charge in [0, 0.05) is 13.6 Å². The van der Waals surface area contributed by atoms with E-state index in [1.54, 1.807) is 30.1 Å². The number of hydrogen-bond acceptors (Lipinski definition) is 4. The van der Waals surface area contributed by atoms with Gasteiger partial charge in [-0.05, 0) is 31.4 Å². The van der Waals surface area contributed by atoms with Crippen LogP contribution in [0, 0.1) is 0 Å². The van der Waals surface area contributed by atoms with Gasteiger partial charge in [-0.15, -0.1) is 0 Å². The van der Waals surface area contributed by atoms with Crippen molar-refractivity contribution in [1.29, 1.82) is 0 Å². The summed E-state index contributed by atoms with van der Waals surface area (Å²) in [7, 11) is 1.57. The van der Waals surface area contributed by atoms with Crippen LogP contribution in [0.25, 0.3) is 11.0 Å². The van der Waals surface area contributed by atoms with Crippen molar-refractivity contribution in [2.75, 3.05) is 13.6 Å². The lowest BCUT2D eigenvalue weighted by Crippen LogP contribution is -2.52. The van der Waals surface area contributed by atoms with Crippen molar-refractivity contribution in [3.63, 3.8) is 0 Å². The number of benzene rings is 1. The van der Waals surface area contributed by atoms with Crippen LogP contribution >= 0.6 is 0 Å². The van der Waals surface area contributed by atoms with Gasteiger partial charge in [-0.3, -0.25) is 19.0 Å². The first kappa shape index (κ1) is 16.2. The predicted molar refractivity (Wildman–Crippen MR) is 89.4 cm³/mol. The Labute approximate surface area is 139 Å². The smallest absolute Gasteiger partial charge is 0.269 e. The van der Waals surface area contributed by atoms with E-state index < -0.39 is 6.04 Å². The van der Waals surface area contributed by atoms with Gasteiger partial charge in [0.05, 0.1) is 17.2 Å². The summed E-state index contributed by atoms with van der Waals surface area (Å²) in [5, 5.41) is 2.61. The van der Waals surface area contributed by atoms with Crippen LogP contribution in [-0.2, 0) is 16.1 Å². The minimum absolute atomic E-state index is 0.0879. The lowest BCUT2D eigenvalue weighted by Gasteiger charge is -2.34. The molecule has 0 unspecified atom stereocenters. The van der Waals surface area contributed by atoms with Crippen molar-refractivity contribution < 1.29 is 9.59 Å². The highest BCUT2D eigenvalue weighted by atomic mass is 16.2. The number of piperidine rings is 1. The van der Waals surface area contributed by atoms with Gasteiger partial charge < -0.3 is 10.2 Å². The minimum Gasteiger partial charge on any atom is -0.357 e. The Kier molecular flexibility index (Phi) is 4.59. The molecule has 1 aromatic heterocycles. The number of aromatic nitrogens is 2. The van der Waals surface area contributed by atoms with Gasteiger partial charge in [-0.2, -0.15) is 0 Å². The zero-order valence-electron chi connectivity index (χ0n) is 13.6. The molecule has 0 radical (unpaired) electrons. The van der Waals surface area contributed by atoms with E-state index in [0.29, 0.717) is 24.0 Å². The topological polar surface area (TPSA) is 84.3 Å². The Morgan fingerprint density at radius 1 is 1.29 bits per heavy atom. The number of carbonyl (C=O) groups excluding carboxylic acids is 2. The van der Waals surface area contributed by atoms with Crippen LogP contribution in [0.5, 0.6) is 0 Å². The Hall–Kier alpha value is -2.70. The van der Waals surface area contributed by atoms with E-state index in [1.165, 1.54) is 10.8 Å². The molecule has 24 heavy (non-hydrogen) atoms. The number of likely N-dealkylation sites (tertiary alicyclic amines) is 1. The molecule has 1 aromatic carbocycles. The zero-order valence-corrected chi connectivity index (χ0v) is 13.6. The molecule has 2 heterocycles. The minimum atomic E-state index is -0.458. The fourth-order valence-electron chi connectivity index (χ4n) is 3.17. The molecule has 126 valence electrons. The third-order valence-electron chi connectivity index (χ3n) is 4.42. The molecule has 1 aliphatic rings. The number of rotatable bonds is 3. The molecule has 0 saturated carbocycles. The molecular weight excluding hydrogens is 308 g/mol. The Morgan fingerprint density at radius 3 is 2.88 bits per heavy atom. The summed E-state index contributed by atoms with van der Waals surface area (Å²) in [5.74, 6) is -0.378. The SMILES string of the molecule is CNC(=O)[C@H]1CCCCN1C(=O)Cn1c(=O)cnc2ccccc21. The molecule has 1 atom stereocenters. The van der Waals surface area contributed by atoms with Gasteiger partial charge in [-0.25, -0.2) is 4.98 Å². The van der Waals surface area contributed by atoms with Crippen LogP contribution in [0.4, 0.5) is 0 Å². The van der Waals surface area contributed by atoms with Gasteiger partial charge in [0.2, 0.25) is 11.8 Å². The lowest BCUT2D eigenvalue weighted by atomic mass is 10.0. The van der Waals surface area contributed by atoms with Crippen LogP contribution in [0.1, 0.15) is 19.3 Å². The molecule has 1 N–H and O–H groups in total. The molecule has 0 spiro atoms. The summed E-state index contributed by atoms with van der Waals surface area (Å²) in [6, 6.07) is 6.74. The molecule has 7 heteroatoms. The highest BCUT2D eigenvalue weighted by Gasteiger charge is 2.31. The Balaban J connectivity index is 1.90. The van der Waals surface area contributed by atoms with Crippen molar-refractivity contribution in [1.82, 2.24) is 19.8 Å². The number of fused-ring (bicyclic) bond motifs is 1. The predicted octanol–water partition coefficient (Wildman–Crippen LogP) is 0.524. The van der Waals surface area contributed by atoms with Crippen LogP contribution < -0.4 is 10.9 Å². The van der Waals surface area contributed by atoms with E-state index in [1.807, 2.05) is 6.07 Å². The third-order valence-corrected chi connectivity index (χ3v) is 4.42. The summed E-state index contributed by atoms with van der Waals surface area (Å²) >= 11 is 0. The van der Waals surface area contributed by atoms with Crippen LogP contribution in [-0.4, -0.2) is 45.9 Å². The van der Waals surface area contributed by atoms with Crippen LogP contribution in [0.3, 0.4) is 0 Å². The fraction of sp³-hybridized carbons (Fsp3) is 0.412. The summed E-state index contributed by atoms with van der Waals surface area (Å²) in [6.07, 6.45) is 3.66. The molecular formula is C17H20N4O3. The first-order valence-corrected chi connectivity index (χ1v) is 8.07. The molecule has 2 aromatic rings. The van der Waals surface area contributed by atoms with E-state index in [0.717, 1.165) is 12.8 Å². The number of carbonyl (C=O) groups is 2. The molecule has 0 aliphatic carbocycles. The van der Waals surface area contributed by atoms with E-state index in [4.69, 9.17) is 0 Å². The maximum absolute atomic E-state index is 12.8. The van der Waals surface area contributed by atoms with Crippen molar-refractivity contribution >= 4 is 22.8 Å². The second kappa shape index (κ2) is 6.82. The number of nitrogens with one attached hydrogen (secondary N) is 1. The summed E-state index contributed by atoms with van der Waals surface area (Å²) in [4.78, 5) is 42.6. The first-order valence-electron chi connectivity index (χ1n) is 8.07. The molecule has 1 aliphatic heterocycles. The maximum Gasteiger partial charge on any atom is 0.269 e. The molecule has 3 rings (SSSR count). The van der Waals surface area contributed by atoms with E-state index >= 15 is 0 Å². The van der Waals surface area contributed by atoms with E-state index in [-0.39, 0.29) is 23.9 Å². The lowest BCUT2D eigenvalue weighted by molar-refractivity contribution is -0.142. The molecule has 1 fully saturated rings. The van der Waals surface area contributed by atoms with Crippen molar-refractivity contribution in [2.24, 2.45) is 0 Å². The summed E-state index contributed by atoms with van der Waals surface area (Å²) < 4.78 is 1.42. The monoisotopic (exact) mass is 328 g/mol. The standard InChI is InChI=1S/C17H20N4O3/c1-18-17(24)14-8-4-5-9-20(14)16(23)11-21-13-7-3-2-6-12(13)19-10-15(21)22/h2-3,6-7,10,14H,4-5,8-9,11H2,1H3,(H,18,24)/t14-/m1/s1. The van der Waals surface area contributed by atoms with E-state index in [9.17, 15) is 14.4 Å². The summed E-state index contributed by atoms with van der Waals surface area (Å²) in [6.45, 7) is 0.448. The average Bonchev–Trinajstić information content (AvgIpc) is 2.63. The second-order valence-corrected chi connectivity index (χ2v) is 5.88. The average molecular weight is 328 g/mol. The highest BCUT2D eigenvalue weighted by molar-refractivity contribution is 5.88.